The molecule has 85 heavy (non-hydrogen) atoms. The van der Waals surface area contributed by atoms with Gasteiger partial charge in [0, 0.05) is 0 Å². The zero-order chi connectivity index (χ0) is 59.8. The van der Waals surface area contributed by atoms with Crippen molar-refractivity contribution in [2.24, 2.45) is 5.92 Å². The molecule has 1 saturated heterocycles. The van der Waals surface area contributed by atoms with Crippen LogP contribution in [0.25, 0.3) is 33.0 Å². The second-order valence-corrected chi connectivity index (χ2v) is 24.5. The number of ether oxygens (including phenoxy) is 4. The highest BCUT2D eigenvalue weighted by Gasteiger charge is 2.34. The summed E-state index contributed by atoms with van der Waals surface area (Å²) < 4.78 is 26.7. The molecule has 0 atom stereocenters. The van der Waals surface area contributed by atoms with E-state index in [1.807, 2.05) is 24.3 Å². The van der Waals surface area contributed by atoms with Gasteiger partial charge in [0.1, 0.15) is 18.3 Å². The molecule has 5 aromatic rings. The fourth-order valence-electron chi connectivity index (χ4n) is 11.8. The lowest BCUT2D eigenvalue weighted by Gasteiger charge is -2.20. The number of barbiturate groups is 1. The first-order valence-electron chi connectivity index (χ1n) is 34.4. The number of hydrogen-bond donors (Lipinski definition) is 2. The predicted molar refractivity (Wildman–Crippen MR) is 354 cm³/mol. The van der Waals surface area contributed by atoms with Crippen molar-refractivity contribution in [3.05, 3.63) is 108 Å². The molecule has 9 nitrogen and oxygen atoms in total. The monoisotopic (exact) mass is 1160 g/mol. The largest absolute Gasteiger partial charge is 0.490 e. The topological polar surface area (TPSA) is 112 Å². The van der Waals surface area contributed by atoms with Gasteiger partial charge in [0.15, 0.2) is 11.5 Å². The van der Waals surface area contributed by atoms with Crippen molar-refractivity contribution in [3.8, 4) is 45.3 Å². The van der Waals surface area contributed by atoms with Gasteiger partial charge < -0.3 is 18.9 Å². The van der Waals surface area contributed by atoms with E-state index in [2.05, 4.69) is 104 Å². The molecular weight excluding hydrogens is 1050 g/mol. The fourth-order valence-corrected chi connectivity index (χ4v) is 11.8. The number of imide groups is 2. The number of unbranched alkanes of at least 4 members (excludes halogenated alkanes) is 33. The average molecular weight is 1160 g/mol. The number of carbonyl (C=O) groups excluding carboxylic acids is 3. The van der Waals surface area contributed by atoms with E-state index >= 15 is 0 Å². The van der Waals surface area contributed by atoms with E-state index in [9.17, 15) is 14.4 Å². The molecular formula is C76H110N2O7. The molecule has 1 fully saturated rings. The summed E-state index contributed by atoms with van der Waals surface area (Å²) in [6, 6.07) is 32.7. The number of fused-ring (bicyclic) bond motifs is 1. The SMILES string of the molecule is CCCCCCCCCCCCCCOc1cc(COc2ccc(-c3ccc4cc(-c5ccc(CC6C(=O)NC(=O)NC6=O)cc5)ccc4c3)cc2)cc(OCCCCCCCCCCCCCC)c1OCCCCCCCCCCCCCC. The molecule has 0 radical (unpaired) electrons. The number of nitrogens with one attached hydrogen (secondary N) is 2. The van der Waals surface area contributed by atoms with Crippen molar-refractivity contribution in [2.75, 3.05) is 19.8 Å². The molecule has 2 N–H and O–H groups in total. The Morgan fingerprint density at radius 1 is 0.329 bits per heavy atom. The van der Waals surface area contributed by atoms with Crippen LogP contribution in [0.5, 0.6) is 23.0 Å². The van der Waals surface area contributed by atoms with Crippen LogP contribution in [0.1, 0.15) is 263 Å². The highest BCUT2D eigenvalue weighted by Crippen LogP contribution is 2.40. The number of amides is 4. The maximum Gasteiger partial charge on any atom is 0.328 e. The average Bonchev–Trinajstić information content (AvgIpc) is 3.58. The smallest absolute Gasteiger partial charge is 0.328 e. The second-order valence-electron chi connectivity index (χ2n) is 24.5. The third-order valence-electron chi connectivity index (χ3n) is 17.1. The van der Waals surface area contributed by atoms with Crippen LogP contribution in [0, 0.1) is 5.92 Å². The third kappa shape index (κ3) is 26.8. The molecule has 0 saturated carbocycles. The Bertz CT molecular complexity index is 2560. The standard InChI is InChI=1S/C76H110N2O7/c1-4-7-10-13-16-19-22-25-28-31-34-37-52-82-71-56-62(57-72(83-53-38-35-32-29-26-23-20-17-14-11-8-5-2)73(71)84-54-39-36-33-30-27-24-21-18-15-12-9-6-3)60-85-69-50-48-64(49-51-69)66-45-47-67-58-65(44-46-68(67)59-66)63-42-40-61(41-43-63)55-70-74(79)77-76(81)78-75(70)80/h40-51,56-59,70H,4-39,52-55,60H2,1-3H3,(H2,77,78,79,80,81). The number of urea groups is 1. The summed E-state index contributed by atoms with van der Waals surface area (Å²) in [6.07, 6.45) is 47.3. The lowest BCUT2D eigenvalue weighted by molar-refractivity contribution is -0.135. The Balaban J connectivity index is 1.06. The molecule has 0 spiro atoms. The van der Waals surface area contributed by atoms with Crippen molar-refractivity contribution < 1.29 is 33.3 Å². The molecule has 1 heterocycles. The quantitative estimate of drug-likeness (QED) is 0.0295. The van der Waals surface area contributed by atoms with E-state index in [1.165, 1.54) is 212 Å². The van der Waals surface area contributed by atoms with Crippen LogP contribution in [0.2, 0.25) is 0 Å². The van der Waals surface area contributed by atoms with Gasteiger partial charge in [0.25, 0.3) is 0 Å². The second kappa shape index (κ2) is 42.1. The fraction of sp³-hybridized carbons (Fsp3) is 0.592. The Morgan fingerprint density at radius 2 is 0.659 bits per heavy atom. The molecule has 0 aromatic heterocycles. The van der Waals surface area contributed by atoms with E-state index in [0.29, 0.717) is 26.4 Å². The van der Waals surface area contributed by atoms with E-state index in [1.54, 1.807) is 0 Å². The summed E-state index contributed by atoms with van der Waals surface area (Å²) in [5.74, 6) is 0.993. The summed E-state index contributed by atoms with van der Waals surface area (Å²) in [6.45, 7) is 9.20. The Kier molecular flexibility index (Phi) is 33.8. The van der Waals surface area contributed by atoms with Crippen LogP contribution < -0.4 is 29.6 Å². The molecule has 1 aliphatic heterocycles. The Morgan fingerprint density at radius 3 is 1.04 bits per heavy atom. The minimum absolute atomic E-state index is 0.216. The van der Waals surface area contributed by atoms with Gasteiger partial charge in [-0.3, -0.25) is 20.2 Å². The molecule has 1 aliphatic rings. The van der Waals surface area contributed by atoms with Crippen LogP contribution in [-0.2, 0) is 22.6 Å². The molecule has 0 unspecified atom stereocenters. The van der Waals surface area contributed by atoms with Gasteiger partial charge in [-0.1, -0.05) is 293 Å². The molecule has 0 bridgehead atoms. The van der Waals surface area contributed by atoms with Crippen LogP contribution in [0.4, 0.5) is 4.79 Å². The minimum atomic E-state index is -0.940. The van der Waals surface area contributed by atoms with Gasteiger partial charge in [-0.25, -0.2) is 4.79 Å². The highest BCUT2D eigenvalue weighted by atomic mass is 16.5. The summed E-state index contributed by atoms with van der Waals surface area (Å²) in [5, 5.41) is 6.63. The lowest BCUT2D eigenvalue weighted by Crippen LogP contribution is -2.56. The van der Waals surface area contributed by atoms with Crippen molar-refractivity contribution in [1.29, 1.82) is 0 Å². The zero-order valence-electron chi connectivity index (χ0n) is 53.2. The highest BCUT2D eigenvalue weighted by molar-refractivity contribution is 6.16. The molecule has 6 rings (SSSR count). The molecule has 5 aromatic carbocycles. The molecule has 4 amide bonds. The summed E-state index contributed by atoms with van der Waals surface area (Å²) in [5.41, 5.74) is 6.17. The molecule has 0 aliphatic carbocycles. The van der Waals surface area contributed by atoms with Crippen molar-refractivity contribution in [3.63, 3.8) is 0 Å². The van der Waals surface area contributed by atoms with Gasteiger partial charge in [-0.15, -0.1) is 0 Å². The van der Waals surface area contributed by atoms with Gasteiger partial charge in [0.05, 0.1) is 19.8 Å². The van der Waals surface area contributed by atoms with Crippen LogP contribution in [0.3, 0.4) is 0 Å². The van der Waals surface area contributed by atoms with Gasteiger partial charge >= 0.3 is 6.03 Å². The van der Waals surface area contributed by atoms with Gasteiger partial charge in [-0.2, -0.15) is 0 Å². The zero-order valence-corrected chi connectivity index (χ0v) is 53.2. The van der Waals surface area contributed by atoms with E-state index < -0.39 is 23.8 Å². The lowest BCUT2D eigenvalue weighted by atomic mass is 9.94. The van der Waals surface area contributed by atoms with Gasteiger partial charge in [0.2, 0.25) is 17.6 Å². The van der Waals surface area contributed by atoms with E-state index in [0.717, 1.165) is 86.4 Å². The maximum atomic E-state index is 12.3. The van der Waals surface area contributed by atoms with Crippen molar-refractivity contribution >= 4 is 28.6 Å². The van der Waals surface area contributed by atoms with Gasteiger partial charge in [-0.05, 0) is 106 Å². The molecule has 466 valence electrons. The number of carbonyl (C=O) groups is 3. The molecule has 9 heteroatoms. The van der Waals surface area contributed by atoms with Crippen molar-refractivity contribution in [2.45, 2.75) is 265 Å². The van der Waals surface area contributed by atoms with Crippen molar-refractivity contribution in [1.82, 2.24) is 10.6 Å². The summed E-state index contributed by atoms with van der Waals surface area (Å²) >= 11 is 0. The number of rotatable bonds is 49. The number of benzene rings is 5. The first kappa shape index (κ1) is 68.3. The van der Waals surface area contributed by atoms with E-state index in [4.69, 9.17) is 18.9 Å². The third-order valence-corrected chi connectivity index (χ3v) is 17.1. The Labute approximate surface area is 514 Å². The minimum Gasteiger partial charge on any atom is -0.490 e. The predicted octanol–water partition coefficient (Wildman–Crippen LogP) is 21.5. The first-order chi connectivity index (χ1) is 41.8. The first-order valence-corrected chi connectivity index (χ1v) is 34.4. The summed E-state index contributed by atoms with van der Waals surface area (Å²) in [7, 11) is 0. The normalized spacial score (nSPS) is 12.7. The van der Waals surface area contributed by atoms with E-state index in [-0.39, 0.29) is 6.42 Å². The van der Waals surface area contributed by atoms with Crippen LogP contribution in [0.15, 0.2) is 97.1 Å². The van der Waals surface area contributed by atoms with Crippen LogP contribution >= 0.6 is 0 Å². The summed E-state index contributed by atoms with van der Waals surface area (Å²) in [4.78, 5) is 36.1. The Hall–Kier alpha value is -5.83. The maximum absolute atomic E-state index is 12.3. The number of hydrogen-bond acceptors (Lipinski definition) is 7. The van der Waals surface area contributed by atoms with Crippen LogP contribution in [-0.4, -0.2) is 37.7 Å².